The molecule has 6 nitrogen and oxygen atoms in total. The van der Waals surface area contributed by atoms with Gasteiger partial charge >= 0.3 is 0 Å². The molecule has 0 saturated carbocycles. The third-order valence-corrected chi connectivity index (χ3v) is 7.03. The maximum Gasteiger partial charge on any atom is 0.294 e. The van der Waals surface area contributed by atoms with E-state index in [0.29, 0.717) is 34.2 Å². The van der Waals surface area contributed by atoms with Crippen LogP contribution in [0, 0.1) is 0 Å². The van der Waals surface area contributed by atoms with Crippen molar-refractivity contribution in [1.29, 1.82) is 0 Å². The zero-order valence-corrected chi connectivity index (χ0v) is 22.5. The van der Waals surface area contributed by atoms with Crippen LogP contribution in [0.25, 0.3) is 5.57 Å². The largest absolute Gasteiger partial charge is 0.503 e. The Labute approximate surface area is 229 Å². The van der Waals surface area contributed by atoms with Gasteiger partial charge in [0.2, 0.25) is 0 Å². The number of carbonyl (C=O) groups excluding carboxylic acids is 1. The lowest BCUT2D eigenvalue weighted by Crippen LogP contribution is -2.30. The van der Waals surface area contributed by atoms with Gasteiger partial charge in [0.1, 0.15) is 11.5 Å². The van der Waals surface area contributed by atoms with Crippen molar-refractivity contribution in [3.8, 4) is 11.5 Å². The molecule has 1 aliphatic rings. The van der Waals surface area contributed by atoms with Gasteiger partial charge in [0.15, 0.2) is 5.76 Å². The SMILES string of the molecule is COc1ccc(OC)c(C2=C(O)C(=O)N(c3ccc(Nc4ccccc4)cc3)C2c2ccc(C(C)C)cc2)c1. The Kier molecular flexibility index (Phi) is 7.28. The standard InChI is InChI=1S/C33H32N2O4/c1-21(2)22-10-12-23(13-11-22)31-30(28-20-27(38-3)18-19-29(28)39-4)32(36)33(37)35(31)26-16-14-25(15-17-26)34-24-8-6-5-7-9-24/h5-21,31,34,36H,1-4H3. The van der Waals surface area contributed by atoms with Crippen molar-refractivity contribution in [1.82, 2.24) is 0 Å². The molecule has 0 radical (unpaired) electrons. The van der Waals surface area contributed by atoms with E-state index in [2.05, 4.69) is 31.3 Å². The highest BCUT2D eigenvalue weighted by atomic mass is 16.5. The van der Waals surface area contributed by atoms with Crippen molar-refractivity contribution in [3.05, 3.63) is 120 Å². The van der Waals surface area contributed by atoms with Gasteiger partial charge in [0.25, 0.3) is 5.91 Å². The van der Waals surface area contributed by atoms with Crippen LogP contribution in [0.5, 0.6) is 11.5 Å². The molecule has 0 fully saturated rings. The molecule has 1 amide bonds. The second-order valence-electron chi connectivity index (χ2n) is 9.77. The number of aliphatic hydroxyl groups is 1. The van der Waals surface area contributed by atoms with Crippen LogP contribution in [0.4, 0.5) is 17.1 Å². The molecule has 5 rings (SSSR count). The van der Waals surface area contributed by atoms with Crippen LogP contribution in [0.2, 0.25) is 0 Å². The van der Waals surface area contributed by atoms with E-state index < -0.39 is 11.9 Å². The summed E-state index contributed by atoms with van der Waals surface area (Å²) in [5, 5.41) is 14.7. The summed E-state index contributed by atoms with van der Waals surface area (Å²) in [7, 11) is 3.15. The Morgan fingerprint density at radius 1 is 0.821 bits per heavy atom. The Bertz CT molecular complexity index is 1490. The molecule has 0 spiro atoms. The maximum absolute atomic E-state index is 13.7. The molecule has 4 aromatic rings. The number of ether oxygens (including phenoxy) is 2. The summed E-state index contributed by atoms with van der Waals surface area (Å²) in [6.07, 6.45) is 0. The van der Waals surface area contributed by atoms with Gasteiger partial charge in [-0.25, -0.2) is 0 Å². The number of nitrogens with one attached hydrogen (secondary N) is 1. The van der Waals surface area contributed by atoms with Crippen molar-refractivity contribution in [3.63, 3.8) is 0 Å². The van der Waals surface area contributed by atoms with Gasteiger partial charge in [-0.1, -0.05) is 56.3 Å². The topological polar surface area (TPSA) is 71.0 Å². The quantitative estimate of drug-likeness (QED) is 0.250. The minimum Gasteiger partial charge on any atom is -0.503 e. The molecule has 0 aromatic heterocycles. The molecular formula is C33H32N2O4. The summed E-state index contributed by atoms with van der Waals surface area (Å²) < 4.78 is 11.1. The number of benzene rings is 4. The van der Waals surface area contributed by atoms with E-state index in [4.69, 9.17) is 9.47 Å². The fourth-order valence-electron chi connectivity index (χ4n) is 4.94. The number of nitrogens with zero attached hydrogens (tertiary/aromatic N) is 1. The number of amides is 1. The number of methoxy groups -OCH3 is 2. The zero-order chi connectivity index (χ0) is 27.5. The molecule has 4 aromatic carbocycles. The van der Waals surface area contributed by atoms with Gasteiger partial charge in [-0.15, -0.1) is 0 Å². The Morgan fingerprint density at radius 3 is 2.10 bits per heavy atom. The van der Waals surface area contributed by atoms with E-state index in [1.165, 1.54) is 5.56 Å². The highest BCUT2D eigenvalue weighted by Crippen LogP contribution is 2.48. The smallest absolute Gasteiger partial charge is 0.294 e. The Balaban J connectivity index is 1.60. The van der Waals surface area contributed by atoms with Crippen molar-refractivity contribution in [2.24, 2.45) is 0 Å². The van der Waals surface area contributed by atoms with E-state index in [9.17, 15) is 9.90 Å². The highest BCUT2D eigenvalue weighted by molar-refractivity contribution is 6.16. The van der Waals surface area contributed by atoms with Crippen molar-refractivity contribution in [2.45, 2.75) is 25.8 Å². The van der Waals surface area contributed by atoms with Crippen molar-refractivity contribution < 1.29 is 19.4 Å². The van der Waals surface area contributed by atoms with Crippen LogP contribution in [0.15, 0.2) is 103 Å². The fourth-order valence-corrected chi connectivity index (χ4v) is 4.94. The molecule has 0 bridgehead atoms. The molecule has 39 heavy (non-hydrogen) atoms. The molecule has 1 unspecified atom stereocenters. The van der Waals surface area contributed by atoms with Gasteiger partial charge in [0, 0.05) is 28.2 Å². The first-order chi connectivity index (χ1) is 18.9. The van der Waals surface area contributed by atoms with E-state index in [1.54, 1.807) is 37.3 Å². The molecule has 1 atom stereocenters. The predicted molar refractivity (Wildman–Crippen MR) is 156 cm³/mol. The van der Waals surface area contributed by atoms with Gasteiger partial charge < -0.3 is 19.9 Å². The molecule has 2 N–H and O–H groups in total. The first-order valence-corrected chi connectivity index (χ1v) is 12.9. The van der Waals surface area contributed by atoms with Gasteiger partial charge in [-0.3, -0.25) is 9.69 Å². The molecular weight excluding hydrogens is 488 g/mol. The number of hydrogen-bond acceptors (Lipinski definition) is 5. The number of hydrogen-bond donors (Lipinski definition) is 2. The lowest BCUT2D eigenvalue weighted by Gasteiger charge is -2.28. The van der Waals surface area contributed by atoms with E-state index in [1.807, 2.05) is 66.7 Å². The zero-order valence-electron chi connectivity index (χ0n) is 22.5. The molecule has 0 aliphatic carbocycles. The first kappa shape index (κ1) is 25.9. The van der Waals surface area contributed by atoms with Crippen molar-refractivity contribution in [2.75, 3.05) is 24.4 Å². The van der Waals surface area contributed by atoms with Crippen LogP contribution in [-0.4, -0.2) is 25.2 Å². The Morgan fingerprint density at radius 2 is 1.49 bits per heavy atom. The van der Waals surface area contributed by atoms with Gasteiger partial charge in [-0.2, -0.15) is 0 Å². The van der Waals surface area contributed by atoms with Gasteiger partial charge in [0.05, 0.1) is 20.3 Å². The molecule has 1 heterocycles. The number of para-hydroxylation sites is 1. The van der Waals surface area contributed by atoms with Crippen molar-refractivity contribution >= 4 is 28.5 Å². The number of carbonyl (C=O) groups is 1. The predicted octanol–water partition coefficient (Wildman–Crippen LogP) is 7.63. The maximum atomic E-state index is 13.7. The number of aliphatic hydroxyl groups excluding tert-OH is 1. The molecule has 6 heteroatoms. The molecule has 0 saturated heterocycles. The van der Waals surface area contributed by atoms with Crippen LogP contribution in [0.1, 0.15) is 42.5 Å². The van der Waals surface area contributed by atoms with E-state index in [-0.39, 0.29) is 5.76 Å². The molecule has 198 valence electrons. The first-order valence-electron chi connectivity index (χ1n) is 12.9. The van der Waals surface area contributed by atoms with Gasteiger partial charge in [-0.05, 0) is 71.6 Å². The highest BCUT2D eigenvalue weighted by Gasteiger charge is 2.43. The second kappa shape index (κ2) is 11.0. The summed E-state index contributed by atoms with van der Waals surface area (Å²) in [4.78, 5) is 15.3. The van der Waals surface area contributed by atoms with Crippen LogP contribution < -0.4 is 19.7 Å². The monoisotopic (exact) mass is 520 g/mol. The Hall–Kier alpha value is -4.71. The lowest BCUT2D eigenvalue weighted by molar-refractivity contribution is -0.117. The summed E-state index contributed by atoms with van der Waals surface area (Å²) >= 11 is 0. The van der Waals surface area contributed by atoms with Crippen LogP contribution >= 0.6 is 0 Å². The average Bonchev–Trinajstić information content (AvgIpc) is 3.23. The second-order valence-corrected chi connectivity index (χ2v) is 9.77. The minimum atomic E-state index is -0.576. The van der Waals surface area contributed by atoms with Crippen LogP contribution in [0.3, 0.4) is 0 Å². The summed E-state index contributed by atoms with van der Waals surface area (Å²) in [6, 6.07) is 30.5. The van der Waals surface area contributed by atoms with E-state index in [0.717, 1.165) is 16.9 Å². The van der Waals surface area contributed by atoms with E-state index >= 15 is 0 Å². The summed E-state index contributed by atoms with van der Waals surface area (Å²) in [6.45, 7) is 4.29. The third-order valence-electron chi connectivity index (χ3n) is 7.03. The summed E-state index contributed by atoms with van der Waals surface area (Å²) in [5.74, 6) is 0.718. The van der Waals surface area contributed by atoms with Crippen LogP contribution in [-0.2, 0) is 4.79 Å². The normalized spacial score (nSPS) is 15.2. The average molecular weight is 521 g/mol. The molecule has 1 aliphatic heterocycles. The fraction of sp³-hybridized carbons (Fsp3) is 0.182. The minimum absolute atomic E-state index is 0.314. The lowest BCUT2D eigenvalue weighted by atomic mass is 9.91. The third kappa shape index (κ3) is 5.06. The summed E-state index contributed by atoms with van der Waals surface area (Å²) in [5.41, 5.74) is 5.67. The number of anilines is 3. The number of rotatable bonds is 8.